The molecule has 0 aliphatic heterocycles. The highest BCUT2D eigenvalue weighted by Crippen LogP contribution is 2.19. The van der Waals surface area contributed by atoms with Gasteiger partial charge in [-0.2, -0.15) is 0 Å². The molecule has 0 spiro atoms. The van der Waals surface area contributed by atoms with Crippen LogP contribution in [0, 0.1) is 0 Å². The third kappa shape index (κ3) is 1.49. The number of nitrogens with one attached hydrogen (secondary N) is 1. The van der Waals surface area contributed by atoms with Crippen molar-refractivity contribution < 1.29 is 9.90 Å². The van der Waals surface area contributed by atoms with Gasteiger partial charge in [0.25, 0.3) is 0 Å². The van der Waals surface area contributed by atoms with Gasteiger partial charge in [0.15, 0.2) is 5.69 Å². The summed E-state index contributed by atoms with van der Waals surface area (Å²) in [5.41, 5.74) is 6.61. The highest BCUT2D eigenvalue weighted by Gasteiger charge is 2.17. The van der Waals surface area contributed by atoms with Crippen molar-refractivity contribution >= 4 is 17.2 Å². The predicted molar refractivity (Wildman–Crippen MR) is 59.3 cm³/mol. The molecule has 0 aliphatic rings. The Morgan fingerprint density at radius 3 is 3.06 bits per heavy atom. The van der Waals surface area contributed by atoms with Crippen LogP contribution < -0.4 is 11.1 Å². The molecule has 2 heterocycles. The van der Waals surface area contributed by atoms with Crippen LogP contribution in [0.2, 0.25) is 0 Å². The molecule has 2 rings (SSSR count). The summed E-state index contributed by atoms with van der Waals surface area (Å²) >= 11 is 0. The van der Waals surface area contributed by atoms with E-state index in [1.165, 1.54) is 0 Å². The van der Waals surface area contributed by atoms with E-state index in [0.717, 1.165) is 0 Å². The summed E-state index contributed by atoms with van der Waals surface area (Å²) in [5, 5.41) is 12.0. The van der Waals surface area contributed by atoms with Crippen LogP contribution in [0.15, 0.2) is 18.3 Å². The second-order valence-corrected chi connectivity index (χ2v) is 3.39. The number of aromatic carboxylic acids is 1. The zero-order chi connectivity index (χ0) is 11.7. The Kier molecular flexibility index (Phi) is 2.49. The number of hydrogen-bond donors (Lipinski definition) is 3. The summed E-state index contributed by atoms with van der Waals surface area (Å²) in [6.45, 7) is 0.484. The largest absolute Gasteiger partial charge is 0.476 e. The van der Waals surface area contributed by atoms with Gasteiger partial charge in [-0.05, 0) is 19.2 Å². The van der Waals surface area contributed by atoms with Crippen LogP contribution in [0.3, 0.4) is 0 Å². The molecule has 6 heteroatoms. The summed E-state index contributed by atoms with van der Waals surface area (Å²) in [7, 11) is 1.77. The number of carboxylic acid groups (broad SMARTS) is 1. The molecule has 0 bridgehead atoms. The van der Waals surface area contributed by atoms with Crippen LogP contribution in [0.4, 0.5) is 5.69 Å². The monoisotopic (exact) mass is 220 g/mol. The van der Waals surface area contributed by atoms with Gasteiger partial charge in [0.1, 0.15) is 11.3 Å². The van der Waals surface area contributed by atoms with Crippen LogP contribution in [0.5, 0.6) is 0 Å². The Morgan fingerprint density at radius 1 is 1.69 bits per heavy atom. The molecule has 2 aromatic rings. The number of carboxylic acids is 1. The third-order valence-electron chi connectivity index (χ3n) is 2.31. The Bertz CT molecular complexity index is 547. The Morgan fingerprint density at radius 2 is 2.44 bits per heavy atom. The van der Waals surface area contributed by atoms with Crippen LogP contribution in [0.25, 0.3) is 5.52 Å². The molecule has 0 unspecified atom stereocenters. The SMILES string of the molecule is CNCc1nc(C(=O)O)c2c(N)cccn12. The highest BCUT2D eigenvalue weighted by molar-refractivity contribution is 5.97. The minimum atomic E-state index is -1.07. The van der Waals surface area contributed by atoms with Crippen molar-refractivity contribution in [2.45, 2.75) is 6.54 Å². The number of hydrogen-bond acceptors (Lipinski definition) is 4. The second kappa shape index (κ2) is 3.82. The van der Waals surface area contributed by atoms with E-state index < -0.39 is 5.97 Å². The van der Waals surface area contributed by atoms with Crippen molar-refractivity contribution in [1.29, 1.82) is 0 Å². The zero-order valence-corrected chi connectivity index (χ0v) is 8.77. The molecule has 0 atom stereocenters. The van der Waals surface area contributed by atoms with E-state index >= 15 is 0 Å². The quantitative estimate of drug-likeness (QED) is 0.693. The molecule has 84 valence electrons. The van der Waals surface area contributed by atoms with E-state index in [-0.39, 0.29) is 5.69 Å². The molecule has 16 heavy (non-hydrogen) atoms. The molecule has 0 saturated carbocycles. The van der Waals surface area contributed by atoms with Gasteiger partial charge in [-0.3, -0.25) is 4.40 Å². The minimum absolute atomic E-state index is 0.0108. The second-order valence-electron chi connectivity index (χ2n) is 3.39. The van der Waals surface area contributed by atoms with Crippen LogP contribution >= 0.6 is 0 Å². The van der Waals surface area contributed by atoms with Crippen molar-refractivity contribution in [3.63, 3.8) is 0 Å². The molecule has 6 nitrogen and oxygen atoms in total. The molecule has 0 amide bonds. The molecule has 0 fully saturated rings. The van der Waals surface area contributed by atoms with Gasteiger partial charge in [-0.25, -0.2) is 9.78 Å². The first-order valence-electron chi connectivity index (χ1n) is 4.78. The fourth-order valence-corrected chi connectivity index (χ4v) is 1.66. The number of nitrogen functional groups attached to an aromatic ring is 1. The number of fused-ring (bicyclic) bond motifs is 1. The Hall–Kier alpha value is -2.08. The van der Waals surface area contributed by atoms with Gasteiger partial charge in [0, 0.05) is 6.20 Å². The lowest BCUT2D eigenvalue weighted by atomic mass is 10.3. The molecule has 0 aliphatic carbocycles. The van der Waals surface area contributed by atoms with Gasteiger partial charge < -0.3 is 16.2 Å². The number of nitrogens with two attached hydrogens (primary N) is 1. The van der Waals surface area contributed by atoms with E-state index in [4.69, 9.17) is 10.8 Å². The molecular weight excluding hydrogens is 208 g/mol. The lowest BCUT2D eigenvalue weighted by Crippen LogP contribution is -2.09. The first kappa shape index (κ1) is 10.4. The predicted octanol–water partition coefficient (Wildman–Crippen LogP) is 0.334. The Balaban J connectivity index is 2.76. The first-order chi connectivity index (χ1) is 7.65. The number of anilines is 1. The molecule has 2 aromatic heterocycles. The average Bonchev–Trinajstić information content (AvgIpc) is 2.60. The molecular formula is C10H12N4O2. The Labute approximate surface area is 91.7 Å². The van der Waals surface area contributed by atoms with Gasteiger partial charge in [0.2, 0.25) is 0 Å². The topological polar surface area (TPSA) is 92.6 Å². The smallest absolute Gasteiger partial charge is 0.356 e. The number of aromatic nitrogens is 2. The molecule has 0 saturated heterocycles. The van der Waals surface area contributed by atoms with Crippen LogP contribution in [-0.2, 0) is 6.54 Å². The highest BCUT2D eigenvalue weighted by atomic mass is 16.4. The van der Waals surface area contributed by atoms with Gasteiger partial charge in [0.05, 0.1) is 12.2 Å². The zero-order valence-electron chi connectivity index (χ0n) is 8.77. The number of nitrogens with zero attached hydrogens (tertiary/aromatic N) is 2. The fraction of sp³-hybridized carbons (Fsp3) is 0.200. The number of imidazole rings is 1. The van der Waals surface area contributed by atoms with E-state index in [0.29, 0.717) is 23.6 Å². The van der Waals surface area contributed by atoms with Crippen molar-refractivity contribution in [2.24, 2.45) is 0 Å². The molecule has 4 N–H and O–H groups in total. The lowest BCUT2D eigenvalue weighted by molar-refractivity contribution is 0.0693. The first-order valence-corrected chi connectivity index (χ1v) is 4.78. The van der Waals surface area contributed by atoms with Gasteiger partial charge >= 0.3 is 5.97 Å². The van der Waals surface area contributed by atoms with E-state index in [1.54, 1.807) is 29.8 Å². The number of carbonyl (C=O) groups is 1. The summed E-state index contributed by atoms with van der Waals surface area (Å²) in [5.74, 6) is -0.444. The molecule has 0 radical (unpaired) electrons. The standard InChI is InChI=1S/C10H12N4O2/c1-12-5-7-13-8(10(15)16)9-6(11)3-2-4-14(7)9/h2-4,12H,5,11H2,1H3,(H,15,16). The number of pyridine rings is 1. The van der Waals surface area contributed by atoms with Crippen LogP contribution in [0.1, 0.15) is 16.3 Å². The normalized spacial score (nSPS) is 10.8. The van der Waals surface area contributed by atoms with Crippen molar-refractivity contribution in [3.05, 3.63) is 29.8 Å². The maximum atomic E-state index is 11.0. The van der Waals surface area contributed by atoms with Crippen molar-refractivity contribution in [3.8, 4) is 0 Å². The summed E-state index contributed by atoms with van der Waals surface area (Å²) in [6, 6.07) is 3.42. The lowest BCUT2D eigenvalue weighted by Gasteiger charge is -2.01. The average molecular weight is 220 g/mol. The molecule has 0 aromatic carbocycles. The summed E-state index contributed by atoms with van der Waals surface area (Å²) in [6.07, 6.45) is 1.75. The summed E-state index contributed by atoms with van der Waals surface area (Å²) < 4.78 is 1.69. The maximum Gasteiger partial charge on any atom is 0.356 e. The summed E-state index contributed by atoms with van der Waals surface area (Å²) in [4.78, 5) is 15.1. The van der Waals surface area contributed by atoms with E-state index in [2.05, 4.69) is 10.3 Å². The third-order valence-corrected chi connectivity index (χ3v) is 2.31. The van der Waals surface area contributed by atoms with E-state index in [9.17, 15) is 4.79 Å². The van der Waals surface area contributed by atoms with Crippen molar-refractivity contribution in [2.75, 3.05) is 12.8 Å². The van der Waals surface area contributed by atoms with Crippen LogP contribution in [-0.4, -0.2) is 27.5 Å². The fourth-order valence-electron chi connectivity index (χ4n) is 1.66. The maximum absolute atomic E-state index is 11.0. The minimum Gasteiger partial charge on any atom is -0.476 e. The number of rotatable bonds is 3. The van der Waals surface area contributed by atoms with Crippen molar-refractivity contribution in [1.82, 2.24) is 14.7 Å². The van der Waals surface area contributed by atoms with E-state index in [1.807, 2.05) is 0 Å². The van der Waals surface area contributed by atoms with Gasteiger partial charge in [-0.15, -0.1) is 0 Å². The van der Waals surface area contributed by atoms with Gasteiger partial charge in [-0.1, -0.05) is 0 Å².